The Morgan fingerprint density at radius 3 is 2.81 bits per heavy atom. The molecule has 134 valence electrons. The lowest BCUT2D eigenvalue weighted by atomic mass is 9.99. The summed E-state index contributed by atoms with van der Waals surface area (Å²) in [6.45, 7) is 0. The molecule has 1 amide bonds. The van der Waals surface area contributed by atoms with Gasteiger partial charge in [0.1, 0.15) is 6.07 Å². The van der Waals surface area contributed by atoms with Gasteiger partial charge in [-0.25, -0.2) is 8.78 Å². The van der Waals surface area contributed by atoms with E-state index in [4.69, 9.17) is 16.9 Å². The molecule has 26 heavy (non-hydrogen) atoms. The van der Waals surface area contributed by atoms with E-state index in [-0.39, 0.29) is 36.4 Å². The number of nitriles is 1. The number of nitrogens with zero attached hydrogens (tertiary/aromatic N) is 2. The van der Waals surface area contributed by atoms with Gasteiger partial charge < -0.3 is 10.2 Å². The third-order valence-corrected chi connectivity index (χ3v) is 4.96. The van der Waals surface area contributed by atoms with Gasteiger partial charge in [0.15, 0.2) is 11.6 Å². The van der Waals surface area contributed by atoms with Crippen molar-refractivity contribution in [1.29, 1.82) is 5.26 Å². The van der Waals surface area contributed by atoms with Gasteiger partial charge in [-0.1, -0.05) is 23.7 Å². The highest BCUT2D eigenvalue weighted by Gasteiger charge is 2.38. The van der Waals surface area contributed by atoms with E-state index in [0.717, 1.165) is 6.07 Å². The molecule has 2 atom stereocenters. The molecule has 1 aliphatic rings. The minimum Gasteiger partial charge on any atom is -0.380 e. The molecule has 0 bridgehead atoms. The molecular weight excluding hydrogens is 360 g/mol. The number of carbonyl (C=O) groups excluding carboxylic acids is 1. The molecule has 4 nitrogen and oxygen atoms in total. The molecule has 0 aromatic heterocycles. The average Bonchev–Trinajstić information content (AvgIpc) is 2.86. The summed E-state index contributed by atoms with van der Waals surface area (Å²) in [5, 5.41) is 12.5. The molecule has 1 unspecified atom stereocenters. The fraction of sp³-hybridized carbons (Fsp3) is 0.263. The topological polar surface area (TPSA) is 56.1 Å². The highest BCUT2D eigenvalue weighted by molar-refractivity contribution is 6.32. The molecule has 1 heterocycles. The van der Waals surface area contributed by atoms with Crippen molar-refractivity contribution in [3.8, 4) is 6.07 Å². The van der Waals surface area contributed by atoms with Crippen LogP contribution >= 0.6 is 11.6 Å². The summed E-state index contributed by atoms with van der Waals surface area (Å²) in [5.74, 6) is -1.87. The second kappa shape index (κ2) is 7.30. The number of nitrogens with one attached hydrogen (secondary N) is 1. The molecule has 1 fully saturated rings. The Morgan fingerprint density at radius 1 is 1.35 bits per heavy atom. The zero-order valence-corrected chi connectivity index (χ0v) is 14.7. The van der Waals surface area contributed by atoms with Crippen LogP contribution in [0.5, 0.6) is 0 Å². The quantitative estimate of drug-likeness (QED) is 0.885. The van der Waals surface area contributed by atoms with Gasteiger partial charge in [-0.05, 0) is 36.2 Å². The molecule has 1 saturated heterocycles. The van der Waals surface area contributed by atoms with Crippen molar-refractivity contribution in [3.63, 3.8) is 0 Å². The smallest absolute Gasteiger partial charge is 0.224 e. The Bertz CT molecular complexity index is 897. The number of hydrogen-bond donors (Lipinski definition) is 1. The van der Waals surface area contributed by atoms with Crippen LogP contribution in [-0.2, 0) is 11.2 Å². The van der Waals surface area contributed by atoms with Crippen molar-refractivity contribution in [2.75, 3.05) is 12.4 Å². The van der Waals surface area contributed by atoms with Gasteiger partial charge in [0.25, 0.3) is 0 Å². The lowest BCUT2D eigenvalue weighted by molar-refractivity contribution is -0.127. The fourth-order valence-corrected chi connectivity index (χ4v) is 3.41. The van der Waals surface area contributed by atoms with Crippen LogP contribution in [0.3, 0.4) is 0 Å². The van der Waals surface area contributed by atoms with E-state index < -0.39 is 11.6 Å². The molecule has 0 aliphatic carbocycles. The van der Waals surface area contributed by atoms with Gasteiger partial charge in [-0.15, -0.1) is 0 Å². The van der Waals surface area contributed by atoms with E-state index in [1.807, 2.05) is 6.07 Å². The average molecular weight is 376 g/mol. The monoisotopic (exact) mass is 375 g/mol. The Kier molecular flexibility index (Phi) is 5.10. The minimum atomic E-state index is -0.905. The second-order valence-electron chi connectivity index (χ2n) is 6.25. The number of carbonyl (C=O) groups is 1. The molecular formula is C19H16ClF2N3O. The standard InChI is InChI=1S/C19H16ClF2N3O/c1-25-17(7-11-3-2-4-15(21)19(11)22)16(9-18(25)26)24-13-6-5-12(10-23)14(20)8-13/h2-6,8,16-17,24H,7,9H2,1H3/t16-,17?/m0/s1. The van der Waals surface area contributed by atoms with Crippen LogP contribution in [0.25, 0.3) is 0 Å². The summed E-state index contributed by atoms with van der Waals surface area (Å²) < 4.78 is 27.5. The number of amides is 1. The summed E-state index contributed by atoms with van der Waals surface area (Å²) in [7, 11) is 1.65. The molecule has 3 rings (SSSR count). The van der Waals surface area contributed by atoms with Gasteiger partial charge in [-0.2, -0.15) is 5.26 Å². The zero-order chi connectivity index (χ0) is 18.8. The van der Waals surface area contributed by atoms with Gasteiger partial charge in [0.05, 0.1) is 22.7 Å². The minimum absolute atomic E-state index is 0.0796. The van der Waals surface area contributed by atoms with Crippen molar-refractivity contribution in [2.45, 2.75) is 24.9 Å². The van der Waals surface area contributed by atoms with Crippen LogP contribution in [-0.4, -0.2) is 29.9 Å². The van der Waals surface area contributed by atoms with Crippen LogP contribution < -0.4 is 5.32 Å². The number of halogens is 3. The Morgan fingerprint density at radius 2 is 2.12 bits per heavy atom. The molecule has 0 saturated carbocycles. The van der Waals surface area contributed by atoms with E-state index in [1.165, 1.54) is 12.1 Å². The normalized spacial score (nSPS) is 19.5. The molecule has 7 heteroatoms. The summed E-state index contributed by atoms with van der Waals surface area (Å²) in [6.07, 6.45) is 0.420. The summed E-state index contributed by atoms with van der Waals surface area (Å²) >= 11 is 6.05. The molecule has 2 aromatic rings. The van der Waals surface area contributed by atoms with Crippen molar-refractivity contribution in [2.24, 2.45) is 0 Å². The highest BCUT2D eigenvalue weighted by atomic mass is 35.5. The van der Waals surface area contributed by atoms with Crippen LogP contribution in [0.1, 0.15) is 17.5 Å². The molecule has 0 spiro atoms. The van der Waals surface area contributed by atoms with Gasteiger partial charge in [0, 0.05) is 19.2 Å². The number of hydrogen-bond acceptors (Lipinski definition) is 3. The van der Waals surface area contributed by atoms with E-state index >= 15 is 0 Å². The number of rotatable bonds is 4. The largest absolute Gasteiger partial charge is 0.380 e. The van der Waals surface area contributed by atoms with Crippen molar-refractivity contribution < 1.29 is 13.6 Å². The van der Waals surface area contributed by atoms with E-state index in [0.29, 0.717) is 16.3 Å². The number of likely N-dealkylation sites (N-methyl/N-ethyl adjacent to an activating group) is 1. The molecule has 0 radical (unpaired) electrons. The van der Waals surface area contributed by atoms with Crippen molar-refractivity contribution >= 4 is 23.2 Å². The summed E-state index contributed by atoms with van der Waals surface area (Å²) in [4.78, 5) is 13.7. The fourth-order valence-electron chi connectivity index (χ4n) is 3.19. The number of likely N-dealkylation sites (tertiary alicyclic amines) is 1. The molecule has 1 N–H and O–H groups in total. The third kappa shape index (κ3) is 3.49. The number of benzene rings is 2. The van der Waals surface area contributed by atoms with Crippen LogP contribution in [0.4, 0.5) is 14.5 Å². The maximum atomic E-state index is 14.0. The Hall–Kier alpha value is -2.65. The van der Waals surface area contributed by atoms with E-state index in [1.54, 1.807) is 30.1 Å². The second-order valence-corrected chi connectivity index (χ2v) is 6.66. The van der Waals surface area contributed by atoms with Gasteiger partial charge in [0.2, 0.25) is 5.91 Å². The van der Waals surface area contributed by atoms with Crippen molar-refractivity contribution in [1.82, 2.24) is 4.90 Å². The lowest BCUT2D eigenvalue weighted by Gasteiger charge is -2.26. The van der Waals surface area contributed by atoms with E-state index in [2.05, 4.69) is 5.32 Å². The molecule has 1 aliphatic heterocycles. The first-order valence-corrected chi connectivity index (χ1v) is 8.43. The van der Waals surface area contributed by atoms with E-state index in [9.17, 15) is 13.6 Å². The van der Waals surface area contributed by atoms with Crippen LogP contribution in [0, 0.1) is 23.0 Å². The van der Waals surface area contributed by atoms with Crippen LogP contribution in [0.15, 0.2) is 36.4 Å². The van der Waals surface area contributed by atoms with Crippen LogP contribution in [0.2, 0.25) is 5.02 Å². The number of anilines is 1. The van der Waals surface area contributed by atoms with Gasteiger partial charge in [-0.3, -0.25) is 4.79 Å². The maximum Gasteiger partial charge on any atom is 0.224 e. The third-order valence-electron chi connectivity index (χ3n) is 4.65. The van der Waals surface area contributed by atoms with Crippen molar-refractivity contribution in [3.05, 3.63) is 64.2 Å². The first kappa shape index (κ1) is 18.2. The Balaban J connectivity index is 1.83. The predicted molar refractivity (Wildman–Crippen MR) is 94.8 cm³/mol. The summed E-state index contributed by atoms with van der Waals surface area (Å²) in [6, 6.07) is 10.3. The predicted octanol–water partition coefficient (Wildman–Crippen LogP) is 3.74. The molecule has 2 aromatic carbocycles. The SMILES string of the molecule is CN1C(=O)C[C@H](Nc2ccc(C#N)c(Cl)c2)C1Cc1cccc(F)c1F. The zero-order valence-electron chi connectivity index (χ0n) is 14.0. The Labute approximate surface area is 155 Å². The summed E-state index contributed by atoms with van der Waals surface area (Å²) in [5.41, 5.74) is 1.24. The first-order valence-electron chi connectivity index (χ1n) is 8.05. The maximum absolute atomic E-state index is 14.0. The first-order chi connectivity index (χ1) is 12.4. The van der Waals surface area contributed by atoms with Gasteiger partial charge >= 0.3 is 0 Å². The lowest BCUT2D eigenvalue weighted by Crippen LogP contribution is -2.39. The highest BCUT2D eigenvalue weighted by Crippen LogP contribution is 2.28.